The van der Waals surface area contributed by atoms with Gasteiger partial charge in [0.2, 0.25) is 0 Å². The maximum atomic E-state index is 5.93. The average molecular weight is 519 g/mol. The van der Waals surface area contributed by atoms with Crippen molar-refractivity contribution in [3.05, 3.63) is 30.3 Å². The Hall–Kier alpha value is -0.510. The first-order valence-electron chi connectivity index (χ1n) is 10.3. The molecule has 3 rings (SSSR count). The van der Waals surface area contributed by atoms with E-state index in [2.05, 4.69) is 47.9 Å². The molecule has 0 amide bonds. The van der Waals surface area contributed by atoms with Gasteiger partial charge in [-0.2, -0.15) is 0 Å². The minimum atomic E-state index is 0. The van der Waals surface area contributed by atoms with Crippen molar-refractivity contribution in [2.24, 2.45) is 4.99 Å². The molecule has 158 valence electrons. The summed E-state index contributed by atoms with van der Waals surface area (Å²) in [4.78, 5) is 6.19. The van der Waals surface area contributed by atoms with Gasteiger partial charge in [0.1, 0.15) is 0 Å². The van der Waals surface area contributed by atoms with Crippen LogP contribution in [0.5, 0.6) is 0 Å². The minimum absolute atomic E-state index is 0. The monoisotopic (exact) mass is 519 g/mol. The number of nitrogens with zero attached hydrogens (tertiary/aromatic N) is 1. The van der Waals surface area contributed by atoms with Gasteiger partial charge in [-0.3, -0.25) is 4.99 Å². The van der Waals surface area contributed by atoms with Crippen molar-refractivity contribution < 1.29 is 9.47 Å². The highest BCUT2D eigenvalue weighted by molar-refractivity contribution is 14.0. The normalized spacial score (nSPS) is 19.0. The molecular weight excluding hydrogens is 485 g/mol. The molecule has 0 unspecified atom stereocenters. The number of benzene rings is 1. The van der Waals surface area contributed by atoms with E-state index in [1.165, 1.54) is 17.7 Å². The Morgan fingerprint density at radius 1 is 1.21 bits per heavy atom. The third-order valence-electron chi connectivity index (χ3n) is 4.89. The lowest BCUT2D eigenvalue weighted by Gasteiger charge is -2.22. The van der Waals surface area contributed by atoms with Crippen molar-refractivity contribution in [1.82, 2.24) is 10.6 Å². The first-order chi connectivity index (χ1) is 13.3. The lowest BCUT2D eigenvalue weighted by Crippen LogP contribution is -2.38. The highest BCUT2D eigenvalue weighted by Crippen LogP contribution is 2.51. The second kappa shape index (κ2) is 12.9. The SMILES string of the molecule is CCNC(=NCC1(Sc2ccccc2)CC1)NCCCOC1CCOCC1.I. The Labute approximate surface area is 190 Å². The molecule has 1 heterocycles. The first-order valence-corrected chi connectivity index (χ1v) is 11.1. The number of thioether (sulfide) groups is 1. The third-order valence-corrected chi connectivity index (χ3v) is 6.37. The summed E-state index contributed by atoms with van der Waals surface area (Å²) in [6.45, 7) is 7.20. The van der Waals surface area contributed by atoms with E-state index >= 15 is 0 Å². The predicted molar refractivity (Wildman–Crippen MR) is 128 cm³/mol. The number of nitrogens with one attached hydrogen (secondary N) is 2. The van der Waals surface area contributed by atoms with Gasteiger partial charge in [-0.05, 0) is 51.2 Å². The molecule has 1 aromatic carbocycles. The molecule has 1 aromatic rings. The van der Waals surface area contributed by atoms with Crippen molar-refractivity contribution in [1.29, 1.82) is 0 Å². The van der Waals surface area contributed by atoms with E-state index in [-0.39, 0.29) is 28.7 Å². The number of ether oxygens (including phenoxy) is 2. The zero-order valence-electron chi connectivity index (χ0n) is 16.8. The molecule has 0 spiro atoms. The highest BCUT2D eigenvalue weighted by atomic mass is 127. The fraction of sp³-hybridized carbons (Fsp3) is 0.667. The van der Waals surface area contributed by atoms with Crippen LogP contribution >= 0.6 is 35.7 Å². The maximum absolute atomic E-state index is 5.93. The van der Waals surface area contributed by atoms with E-state index in [4.69, 9.17) is 14.5 Å². The fourth-order valence-electron chi connectivity index (χ4n) is 3.11. The van der Waals surface area contributed by atoms with Crippen molar-refractivity contribution in [3.63, 3.8) is 0 Å². The minimum Gasteiger partial charge on any atom is -0.381 e. The van der Waals surface area contributed by atoms with Crippen LogP contribution in [-0.4, -0.2) is 56.3 Å². The van der Waals surface area contributed by atoms with E-state index < -0.39 is 0 Å². The first kappa shape index (κ1) is 23.8. The zero-order chi connectivity index (χ0) is 18.8. The van der Waals surface area contributed by atoms with Gasteiger partial charge in [-0.1, -0.05) is 18.2 Å². The van der Waals surface area contributed by atoms with Crippen molar-refractivity contribution in [3.8, 4) is 0 Å². The van der Waals surface area contributed by atoms with Gasteiger partial charge < -0.3 is 20.1 Å². The second-order valence-electron chi connectivity index (χ2n) is 7.26. The van der Waals surface area contributed by atoms with Crippen LogP contribution < -0.4 is 10.6 Å². The van der Waals surface area contributed by atoms with E-state index in [9.17, 15) is 0 Å². The Balaban J connectivity index is 0.00000280. The van der Waals surface area contributed by atoms with Crippen molar-refractivity contribution >= 4 is 41.7 Å². The molecule has 0 radical (unpaired) electrons. The zero-order valence-corrected chi connectivity index (χ0v) is 20.0. The van der Waals surface area contributed by atoms with Crippen LogP contribution in [0, 0.1) is 0 Å². The summed E-state index contributed by atoms with van der Waals surface area (Å²) in [5, 5.41) is 6.81. The smallest absolute Gasteiger partial charge is 0.191 e. The maximum Gasteiger partial charge on any atom is 0.191 e. The molecule has 28 heavy (non-hydrogen) atoms. The molecule has 0 bridgehead atoms. The van der Waals surface area contributed by atoms with Crippen molar-refractivity contribution in [2.45, 2.75) is 54.8 Å². The Morgan fingerprint density at radius 3 is 2.64 bits per heavy atom. The Morgan fingerprint density at radius 2 is 1.96 bits per heavy atom. The molecule has 1 saturated carbocycles. The molecule has 1 aliphatic heterocycles. The van der Waals surface area contributed by atoms with Gasteiger partial charge in [0.05, 0.1) is 12.6 Å². The summed E-state index contributed by atoms with van der Waals surface area (Å²) in [5.74, 6) is 0.920. The number of hydrogen-bond donors (Lipinski definition) is 2. The molecule has 2 aliphatic rings. The summed E-state index contributed by atoms with van der Waals surface area (Å²) < 4.78 is 11.6. The molecule has 1 aliphatic carbocycles. The Bertz CT molecular complexity index is 578. The summed E-state index contributed by atoms with van der Waals surface area (Å²) in [6.07, 6.45) is 5.91. The van der Waals surface area contributed by atoms with Crippen LogP contribution in [-0.2, 0) is 9.47 Å². The van der Waals surface area contributed by atoms with E-state index in [1.54, 1.807) is 0 Å². The summed E-state index contributed by atoms with van der Waals surface area (Å²) >= 11 is 1.97. The van der Waals surface area contributed by atoms with Crippen LogP contribution in [0.1, 0.15) is 39.0 Å². The highest BCUT2D eigenvalue weighted by Gasteiger charge is 2.43. The quantitative estimate of drug-likeness (QED) is 0.211. The van der Waals surface area contributed by atoms with Crippen LogP contribution in [0.25, 0.3) is 0 Å². The molecule has 1 saturated heterocycles. The van der Waals surface area contributed by atoms with E-state index in [0.717, 1.165) is 64.7 Å². The Kier molecular flexibility index (Phi) is 11.0. The molecule has 0 aromatic heterocycles. The summed E-state index contributed by atoms with van der Waals surface area (Å²) in [6, 6.07) is 10.7. The molecule has 5 nitrogen and oxygen atoms in total. The number of rotatable bonds is 10. The summed E-state index contributed by atoms with van der Waals surface area (Å²) in [7, 11) is 0. The lowest BCUT2D eigenvalue weighted by molar-refractivity contribution is -0.0320. The number of halogens is 1. The van der Waals surface area contributed by atoms with Gasteiger partial charge in [-0.25, -0.2) is 0 Å². The van der Waals surface area contributed by atoms with Gasteiger partial charge in [0.15, 0.2) is 5.96 Å². The molecule has 7 heteroatoms. The van der Waals surface area contributed by atoms with Crippen LogP contribution in [0.3, 0.4) is 0 Å². The van der Waals surface area contributed by atoms with Crippen molar-refractivity contribution in [2.75, 3.05) is 39.5 Å². The topological polar surface area (TPSA) is 54.9 Å². The molecule has 2 fully saturated rings. The van der Waals surface area contributed by atoms with E-state index in [1.807, 2.05) is 11.8 Å². The standard InChI is InChI=1S/C21H33N3O2S.HI/c1-2-22-20(23-13-6-14-26-18-9-15-25-16-10-18)24-17-21(11-12-21)27-19-7-4-3-5-8-19;/h3-5,7-8,18H,2,6,9-17H2,1H3,(H2,22,23,24);1H. The van der Waals surface area contributed by atoms with Gasteiger partial charge in [-0.15, -0.1) is 35.7 Å². The molecule has 2 N–H and O–H groups in total. The fourth-order valence-corrected chi connectivity index (χ4v) is 4.34. The lowest BCUT2D eigenvalue weighted by atomic mass is 10.1. The summed E-state index contributed by atoms with van der Waals surface area (Å²) in [5.41, 5.74) is 0. The van der Waals surface area contributed by atoms with Crippen LogP contribution in [0.15, 0.2) is 40.2 Å². The predicted octanol–water partition coefficient (Wildman–Crippen LogP) is 4.07. The second-order valence-corrected chi connectivity index (χ2v) is 8.80. The number of aliphatic imine (C=N–C) groups is 1. The third kappa shape index (κ3) is 8.47. The average Bonchev–Trinajstić information content (AvgIpc) is 3.47. The van der Waals surface area contributed by atoms with Crippen LogP contribution in [0.4, 0.5) is 0 Å². The van der Waals surface area contributed by atoms with Gasteiger partial charge in [0, 0.05) is 42.6 Å². The van der Waals surface area contributed by atoms with E-state index in [0.29, 0.717) is 6.10 Å². The number of hydrogen-bond acceptors (Lipinski definition) is 4. The van der Waals surface area contributed by atoms with Gasteiger partial charge >= 0.3 is 0 Å². The van der Waals surface area contributed by atoms with Gasteiger partial charge in [0.25, 0.3) is 0 Å². The number of guanidine groups is 1. The molecule has 0 atom stereocenters. The van der Waals surface area contributed by atoms with Crippen LogP contribution in [0.2, 0.25) is 0 Å². The largest absolute Gasteiger partial charge is 0.381 e. The molecular formula is C21H34IN3O2S.